The fourth-order valence-electron chi connectivity index (χ4n) is 3.09. The summed E-state index contributed by atoms with van der Waals surface area (Å²) < 4.78 is 32.5. The van der Waals surface area contributed by atoms with Crippen molar-refractivity contribution in [2.24, 2.45) is 0 Å². The maximum absolute atomic E-state index is 12.4. The second-order valence-electron chi connectivity index (χ2n) is 6.30. The molecule has 0 N–H and O–H groups in total. The fourth-order valence-corrected chi connectivity index (χ4v) is 3.09. The van der Waals surface area contributed by atoms with Crippen molar-refractivity contribution in [1.29, 1.82) is 0 Å². The number of hydrogen-bond donors (Lipinski definition) is 0. The van der Waals surface area contributed by atoms with Crippen LogP contribution in [0.2, 0.25) is 0 Å². The molecule has 8 nitrogen and oxygen atoms in total. The van der Waals surface area contributed by atoms with Crippen molar-refractivity contribution in [2.45, 2.75) is 6.61 Å². The molecule has 0 amide bonds. The Morgan fingerprint density at radius 3 is 2.40 bits per heavy atom. The second-order valence-corrected chi connectivity index (χ2v) is 6.30. The maximum atomic E-state index is 12.4. The molecule has 0 unspecified atom stereocenters. The van der Waals surface area contributed by atoms with Gasteiger partial charge in [-0.15, -0.1) is 15.3 Å². The van der Waals surface area contributed by atoms with Crippen molar-refractivity contribution in [3.63, 3.8) is 0 Å². The monoisotopic (exact) mass is 405 g/mol. The van der Waals surface area contributed by atoms with Gasteiger partial charge in [-0.3, -0.25) is 9.38 Å². The molecule has 0 bridgehead atoms. The minimum absolute atomic E-state index is 0.0632. The van der Waals surface area contributed by atoms with E-state index in [0.717, 1.165) is 5.56 Å². The highest BCUT2D eigenvalue weighted by Gasteiger charge is 2.15. The molecule has 0 saturated heterocycles. The van der Waals surface area contributed by atoms with E-state index in [9.17, 15) is 8.78 Å². The van der Waals surface area contributed by atoms with E-state index < -0.39 is 6.61 Å². The average Bonchev–Trinajstić information content (AvgIpc) is 3.42. The molecule has 0 fully saturated rings. The zero-order chi connectivity index (χ0) is 20.5. The zero-order valence-electron chi connectivity index (χ0n) is 15.3. The van der Waals surface area contributed by atoms with Gasteiger partial charge in [0.15, 0.2) is 17.3 Å². The quantitative estimate of drug-likeness (QED) is 0.444. The molecule has 3 aromatic heterocycles. The Morgan fingerprint density at radius 1 is 0.833 bits per heavy atom. The summed E-state index contributed by atoms with van der Waals surface area (Å²) in [7, 11) is 0. The Balaban J connectivity index is 1.58. The smallest absolute Gasteiger partial charge is 0.387 e. The highest BCUT2D eigenvalue weighted by atomic mass is 19.3. The van der Waals surface area contributed by atoms with Gasteiger partial charge in [-0.05, 0) is 24.3 Å². The van der Waals surface area contributed by atoms with Crippen molar-refractivity contribution in [3.05, 3.63) is 73.2 Å². The van der Waals surface area contributed by atoms with E-state index in [-0.39, 0.29) is 5.75 Å². The van der Waals surface area contributed by atoms with Gasteiger partial charge in [0.1, 0.15) is 11.4 Å². The summed E-state index contributed by atoms with van der Waals surface area (Å²) in [5, 5.41) is 16.8. The molecule has 5 aromatic rings. The first-order chi connectivity index (χ1) is 14.7. The lowest BCUT2D eigenvalue weighted by Gasteiger charge is -2.08. The number of fused-ring (bicyclic) bond motifs is 1. The van der Waals surface area contributed by atoms with Crippen LogP contribution < -0.4 is 4.74 Å². The normalized spacial score (nSPS) is 11.3. The fraction of sp³-hybridized carbons (Fsp3) is 0.0500. The second kappa shape index (κ2) is 7.32. The van der Waals surface area contributed by atoms with Gasteiger partial charge in [0.2, 0.25) is 0 Å². The van der Waals surface area contributed by atoms with Crippen LogP contribution in [-0.4, -0.2) is 41.2 Å². The molecular weight excluding hydrogens is 392 g/mol. The van der Waals surface area contributed by atoms with Gasteiger partial charge in [-0.1, -0.05) is 35.5 Å². The van der Waals surface area contributed by atoms with E-state index >= 15 is 0 Å². The average molecular weight is 405 g/mol. The van der Waals surface area contributed by atoms with Gasteiger partial charge < -0.3 is 4.74 Å². The first-order valence-corrected chi connectivity index (χ1v) is 8.91. The SMILES string of the molecule is FC(F)Oc1ccc(-c2nnc3cncc(-n4cc(-c5ccccc5)nn4)n23)cc1. The molecule has 0 spiro atoms. The van der Waals surface area contributed by atoms with Crippen LogP contribution in [0.25, 0.3) is 34.1 Å². The molecule has 10 heteroatoms. The summed E-state index contributed by atoms with van der Waals surface area (Å²) in [6.07, 6.45) is 4.98. The minimum Gasteiger partial charge on any atom is -0.435 e. The molecule has 30 heavy (non-hydrogen) atoms. The Bertz CT molecular complexity index is 1300. The number of hydrogen-bond acceptors (Lipinski definition) is 6. The highest BCUT2D eigenvalue weighted by molar-refractivity contribution is 5.62. The van der Waals surface area contributed by atoms with Crippen LogP contribution in [0.15, 0.2) is 73.2 Å². The topological polar surface area (TPSA) is 83.0 Å². The predicted molar refractivity (Wildman–Crippen MR) is 103 cm³/mol. The molecule has 148 valence electrons. The van der Waals surface area contributed by atoms with Gasteiger partial charge in [-0.2, -0.15) is 8.78 Å². The summed E-state index contributed by atoms with van der Waals surface area (Å²) in [6, 6.07) is 15.8. The third kappa shape index (κ3) is 3.24. The van der Waals surface area contributed by atoms with Crippen molar-refractivity contribution in [3.8, 4) is 34.2 Å². The zero-order valence-corrected chi connectivity index (χ0v) is 15.3. The van der Waals surface area contributed by atoms with Gasteiger partial charge in [-0.25, -0.2) is 4.68 Å². The van der Waals surface area contributed by atoms with Crippen LogP contribution in [0.5, 0.6) is 5.75 Å². The summed E-state index contributed by atoms with van der Waals surface area (Å²) in [5.74, 6) is 1.14. The van der Waals surface area contributed by atoms with Crippen LogP contribution in [0.1, 0.15) is 0 Å². The molecule has 0 aliphatic carbocycles. The summed E-state index contributed by atoms with van der Waals surface area (Å²) in [4.78, 5) is 4.21. The number of benzene rings is 2. The standard InChI is InChI=1S/C20H13F2N7O/c21-20(22)30-15-8-6-14(7-9-15)19-26-25-17-10-23-11-18(29(17)19)28-12-16(24-27-28)13-4-2-1-3-5-13/h1-12,20H. The van der Waals surface area contributed by atoms with Crippen LogP contribution >= 0.6 is 0 Å². The van der Waals surface area contributed by atoms with Crippen LogP contribution in [-0.2, 0) is 0 Å². The van der Waals surface area contributed by atoms with Gasteiger partial charge in [0.25, 0.3) is 0 Å². The lowest BCUT2D eigenvalue weighted by Crippen LogP contribution is -2.05. The number of halogens is 2. The number of aromatic nitrogens is 7. The Hall–Kier alpha value is -4.21. The highest BCUT2D eigenvalue weighted by Crippen LogP contribution is 2.25. The van der Waals surface area contributed by atoms with Crippen LogP contribution in [0.3, 0.4) is 0 Å². The summed E-state index contributed by atoms with van der Waals surface area (Å²) in [6.45, 7) is -2.88. The summed E-state index contributed by atoms with van der Waals surface area (Å²) in [5.41, 5.74) is 2.81. The number of ether oxygens (including phenoxy) is 1. The Labute approximate surface area is 168 Å². The summed E-state index contributed by atoms with van der Waals surface area (Å²) >= 11 is 0. The number of nitrogens with zero attached hydrogens (tertiary/aromatic N) is 7. The van der Waals surface area contributed by atoms with Crippen LogP contribution in [0.4, 0.5) is 8.78 Å². The van der Waals surface area contributed by atoms with Crippen molar-refractivity contribution < 1.29 is 13.5 Å². The maximum Gasteiger partial charge on any atom is 0.387 e. The molecule has 3 heterocycles. The molecule has 2 aromatic carbocycles. The van der Waals surface area contributed by atoms with Crippen molar-refractivity contribution in [1.82, 2.24) is 34.6 Å². The minimum atomic E-state index is -2.88. The molecular formula is C20H13F2N7O. The lowest BCUT2D eigenvalue weighted by molar-refractivity contribution is -0.0498. The molecule has 0 aliphatic rings. The molecule has 0 atom stereocenters. The van der Waals surface area contributed by atoms with Crippen LogP contribution in [0, 0.1) is 0 Å². The van der Waals surface area contributed by atoms with E-state index in [0.29, 0.717) is 28.5 Å². The largest absolute Gasteiger partial charge is 0.435 e. The third-order valence-electron chi connectivity index (χ3n) is 4.43. The van der Waals surface area contributed by atoms with E-state index in [1.807, 2.05) is 30.3 Å². The Morgan fingerprint density at radius 2 is 1.63 bits per heavy atom. The van der Waals surface area contributed by atoms with E-state index in [1.54, 1.807) is 39.8 Å². The lowest BCUT2D eigenvalue weighted by atomic mass is 10.2. The third-order valence-corrected chi connectivity index (χ3v) is 4.43. The molecule has 5 rings (SSSR count). The Kier molecular flexibility index (Phi) is 4.36. The predicted octanol–water partition coefficient (Wildman–Crippen LogP) is 3.64. The number of alkyl halides is 2. The van der Waals surface area contributed by atoms with Gasteiger partial charge >= 0.3 is 6.61 Å². The van der Waals surface area contributed by atoms with E-state index in [2.05, 4.69) is 30.2 Å². The molecule has 0 aliphatic heterocycles. The molecule has 0 saturated carbocycles. The first-order valence-electron chi connectivity index (χ1n) is 8.91. The van der Waals surface area contributed by atoms with Crippen molar-refractivity contribution >= 4 is 5.65 Å². The molecule has 0 radical (unpaired) electrons. The number of rotatable bonds is 5. The van der Waals surface area contributed by atoms with Gasteiger partial charge in [0, 0.05) is 11.1 Å². The van der Waals surface area contributed by atoms with E-state index in [1.165, 1.54) is 12.1 Å². The first kappa shape index (κ1) is 17.9. The van der Waals surface area contributed by atoms with Crippen molar-refractivity contribution in [2.75, 3.05) is 0 Å². The van der Waals surface area contributed by atoms with Gasteiger partial charge in [0.05, 0.1) is 18.6 Å². The van der Waals surface area contributed by atoms with E-state index in [4.69, 9.17) is 0 Å².